The van der Waals surface area contributed by atoms with Crippen LogP contribution in [0, 0.1) is 12.3 Å². The fourth-order valence-corrected chi connectivity index (χ4v) is 1.61. The zero-order valence-electron chi connectivity index (χ0n) is 9.80. The fourth-order valence-electron chi connectivity index (χ4n) is 1.61. The molecule has 0 radical (unpaired) electrons. The molecule has 1 unspecified atom stereocenters. The average molecular weight is 223 g/mol. The van der Waals surface area contributed by atoms with E-state index in [1.165, 1.54) is 0 Å². The van der Waals surface area contributed by atoms with Crippen molar-refractivity contribution in [3.63, 3.8) is 0 Å². The zero-order chi connectivity index (χ0) is 12.1. The minimum absolute atomic E-state index is 0.126. The molecule has 0 aliphatic carbocycles. The number of aromatic hydroxyl groups is 2. The molecule has 2 aromatic rings. The summed E-state index contributed by atoms with van der Waals surface area (Å²) in [5.41, 5.74) is 1.13. The second-order valence-electron chi connectivity index (χ2n) is 3.93. The Hall–Kier alpha value is -2.20. The van der Waals surface area contributed by atoms with E-state index in [1.807, 2.05) is 61.5 Å². The van der Waals surface area contributed by atoms with Crippen LogP contribution in [0.1, 0.15) is 18.4 Å². The first-order valence-electron chi connectivity index (χ1n) is 5.62. The van der Waals surface area contributed by atoms with Crippen LogP contribution in [0.2, 0.25) is 0 Å². The molecule has 17 heavy (non-hydrogen) atoms. The van der Waals surface area contributed by atoms with E-state index in [4.69, 9.17) is 6.42 Å². The van der Waals surface area contributed by atoms with E-state index >= 15 is 0 Å². The van der Waals surface area contributed by atoms with Gasteiger partial charge in [0.25, 0.3) is 11.5 Å². The van der Waals surface area contributed by atoms with Crippen molar-refractivity contribution < 1.29 is 4.74 Å². The predicted octanol–water partition coefficient (Wildman–Crippen LogP) is 4.08. The molecule has 0 amide bonds. The summed E-state index contributed by atoms with van der Waals surface area (Å²) < 4.78 is 4.55. The van der Waals surface area contributed by atoms with Gasteiger partial charge in [0.2, 0.25) is 0 Å². The van der Waals surface area contributed by atoms with Crippen molar-refractivity contribution in [3.8, 4) is 23.8 Å². The van der Waals surface area contributed by atoms with Crippen LogP contribution in [0.15, 0.2) is 54.6 Å². The van der Waals surface area contributed by atoms with Crippen molar-refractivity contribution in [3.05, 3.63) is 60.2 Å². The van der Waals surface area contributed by atoms with E-state index in [0.29, 0.717) is 0 Å². The third kappa shape index (κ3) is 2.89. The number of terminal acetylenes is 1. The van der Waals surface area contributed by atoms with Gasteiger partial charge in [-0.25, -0.2) is 0 Å². The van der Waals surface area contributed by atoms with Crippen LogP contribution in [0.3, 0.4) is 0 Å². The molecule has 0 aliphatic heterocycles. The third-order valence-electron chi connectivity index (χ3n) is 2.63. The number of benzene rings is 2. The Balaban J connectivity index is 2.20. The molecule has 84 valence electrons. The lowest BCUT2D eigenvalue weighted by atomic mass is 10.0. The monoisotopic (exact) mass is 223 g/mol. The molecule has 0 saturated carbocycles. The first-order chi connectivity index (χ1) is 8.29. The number of para-hydroxylation sites is 1. The second-order valence-corrected chi connectivity index (χ2v) is 3.93. The van der Waals surface area contributed by atoms with E-state index in [0.717, 1.165) is 17.1 Å². The number of ether oxygens (including phenoxy) is 1. The normalized spacial score (nSPS) is 11.5. The average Bonchev–Trinajstić information content (AvgIpc) is 2.39. The molecule has 0 heterocycles. The summed E-state index contributed by atoms with van der Waals surface area (Å²) in [6.07, 6.45) is 5.43. The first kappa shape index (κ1) is 11.3. The molecule has 0 aromatic heterocycles. The summed E-state index contributed by atoms with van der Waals surface area (Å²) in [5.74, 6) is 4.75. The maximum Gasteiger partial charge on any atom is 0.260 e. The summed E-state index contributed by atoms with van der Waals surface area (Å²) >= 11 is 0. The van der Waals surface area contributed by atoms with Crippen molar-refractivity contribution >= 4 is 0 Å². The van der Waals surface area contributed by atoms with Crippen LogP contribution in [0.4, 0.5) is 0 Å². The van der Waals surface area contributed by atoms with Crippen molar-refractivity contribution in [1.29, 1.82) is 0 Å². The van der Waals surface area contributed by atoms with Gasteiger partial charge in [0, 0.05) is 30.2 Å². The van der Waals surface area contributed by atoms with Gasteiger partial charge in [0.1, 0.15) is 0 Å². The van der Waals surface area contributed by atoms with E-state index in [1.54, 1.807) is 0 Å². The van der Waals surface area contributed by atoms with Gasteiger partial charge in [0.15, 0.2) is 0 Å². The molecular weight excluding hydrogens is 208 g/mol. The van der Waals surface area contributed by atoms with Gasteiger partial charge in [-0.15, -0.1) is 6.42 Å². The minimum Gasteiger partial charge on any atom is -0.546 e. The standard InChI is InChI=1S/C16H14O/c1-3-13(2)14-8-7-11-16(12-14)17-15-9-5-4-6-10-15/h1,4-13H,2H3/p+1. The van der Waals surface area contributed by atoms with Gasteiger partial charge >= 0.3 is 0 Å². The molecule has 0 fully saturated rings. The molecule has 1 atom stereocenters. The molecule has 0 spiro atoms. The van der Waals surface area contributed by atoms with Crippen LogP contribution >= 0.6 is 0 Å². The molecule has 2 rings (SSSR count). The van der Waals surface area contributed by atoms with Gasteiger partial charge in [-0.3, -0.25) is 0 Å². The Morgan fingerprint density at radius 3 is 2.41 bits per heavy atom. The maximum absolute atomic E-state index is 5.43. The molecule has 1 heteroatoms. The molecular formula is C16H15O+. The van der Waals surface area contributed by atoms with Crippen LogP contribution in [0.25, 0.3) is 0 Å². The van der Waals surface area contributed by atoms with Gasteiger partial charge < -0.3 is 4.74 Å². The number of hydrogen-bond acceptors (Lipinski definition) is 0. The summed E-state index contributed by atoms with van der Waals surface area (Å²) in [7, 11) is 0. The van der Waals surface area contributed by atoms with Crippen molar-refractivity contribution in [2.45, 2.75) is 12.8 Å². The predicted molar refractivity (Wildman–Crippen MR) is 71.2 cm³/mol. The Labute approximate surface area is 102 Å². The lowest BCUT2D eigenvalue weighted by Gasteiger charge is -2.06. The zero-order valence-corrected chi connectivity index (χ0v) is 9.80. The van der Waals surface area contributed by atoms with Crippen molar-refractivity contribution in [1.82, 2.24) is 0 Å². The van der Waals surface area contributed by atoms with E-state index in [-0.39, 0.29) is 5.92 Å². The van der Waals surface area contributed by atoms with Crippen molar-refractivity contribution in [2.75, 3.05) is 0 Å². The lowest BCUT2D eigenvalue weighted by molar-refractivity contribution is 0.198. The number of rotatable bonds is 3. The molecule has 1 N–H and O–H groups in total. The maximum atomic E-state index is 5.43. The number of hydrogen-bond donors (Lipinski definition) is 0. The molecule has 0 bridgehead atoms. The Morgan fingerprint density at radius 2 is 1.71 bits per heavy atom. The van der Waals surface area contributed by atoms with Gasteiger partial charge in [0.05, 0.1) is 0 Å². The van der Waals surface area contributed by atoms with E-state index in [9.17, 15) is 0 Å². The SMILES string of the molecule is C#CC(C)c1cccc([OH+]c2ccccc2)c1. The first-order valence-corrected chi connectivity index (χ1v) is 5.62. The summed E-state index contributed by atoms with van der Waals surface area (Å²) in [6, 6.07) is 18.0. The highest BCUT2D eigenvalue weighted by Crippen LogP contribution is 2.26. The van der Waals surface area contributed by atoms with Gasteiger partial charge in [-0.05, 0) is 12.5 Å². The van der Waals surface area contributed by atoms with E-state index in [2.05, 4.69) is 10.7 Å². The Kier molecular flexibility index (Phi) is 3.47. The smallest absolute Gasteiger partial charge is 0.260 e. The van der Waals surface area contributed by atoms with Crippen LogP contribution in [0.5, 0.6) is 11.5 Å². The highest BCUT2D eigenvalue weighted by Gasteiger charge is 2.06. The Morgan fingerprint density at radius 1 is 1.00 bits per heavy atom. The highest BCUT2D eigenvalue weighted by molar-refractivity contribution is 5.35. The van der Waals surface area contributed by atoms with Gasteiger partial charge in [-0.1, -0.05) is 36.3 Å². The van der Waals surface area contributed by atoms with Crippen LogP contribution in [-0.2, 0) is 0 Å². The highest BCUT2D eigenvalue weighted by atomic mass is 16.5. The lowest BCUT2D eigenvalue weighted by Crippen LogP contribution is -1.89. The molecule has 0 aliphatic rings. The fraction of sp³-hybridized carbons (Fsp3) is 0.125. The summed E-state index contributed by atoms with van der Waals surface area (Å²) in [5, 5.41) is 0. The van der Waals surface area contributed by atoms with Crippen molar-refractivity contribution in [2.24, 2.45) is 0 Å². The van der Waals surface area contributed by atoms with Crippen LogP contribution < -0.4 is 0 Å². The molecule has 0 saturated heterocycles. The third-order valence-corrected chi connectivity index (χ3v) is 2.63. The van der Waals surface area contributed by atoms with Gasteiger partial charge in [-0.2, -0.15) is 0 Å². The van der Waals surface area contributed by atoms with Crippen LogP contribution in [-0.4, -0.2) is 4.74 Å². The summed E-state index contributed by atoms with van der Waals surface area (Å²) in [6.45, 7) is 2.02. The topological polar surface area (TPSA) is 12.8 Å². The minimum atomic E-state index is 0.126. The molecule has 2 aromatic carbocycles. The quantitative estimate of drug-likeness (QED) is 0.549. The Bertz CT molecular complexity index is 523. The van der Waals surface area contributed by atoms with E-state index < -0.39 is 0 Å². The second kappa shape index (κ2) is 5.23. The molecule has 1 nitrogen and oxygen atoms in total. The largest absolute Gasteiger partial charge is 0.546 e. The summed E-state index contributed by atoms with van der Waals surface area (Å²) in [4.78, 5) is 0.